The third-order valence-electron chi connectivity index (χ3n) is 2.79. The minimum absolute atomic E-state index is 0.0722. The zero-order valence-corrected chi connectivity index (χ0v) is 11.3. The minimum atomic E-state index is -0.671. The third-order valence-corrected chi connectivity index (χ3v) is 2.79. The Morgan fingerprint density at radius 2 is 1.86 bits per heavy atom. The highest BCUT2D eigenvalue weighted by Gasteiger charge is 2.08. The van der Waals surface area contributed by atoms with E-state index in [1.54, 1.807) is 0 Å². The molecule has 0 aliphatic rings. The van der Waals surface area contributed by atoms with Crippen LogP contribution in [-0.2, 0) is 16.1 Å². The molecule has 0 radical (unpaired) electrons. The lowest BCUT2D eigenvalue weighted by Crippen LogP contribution is -2.15. The SMILES string of the molecule is O=C(CCOCc1ccccc1)Nc1cc(F)ccc1F. The highest BCUT2D eigenvalue weighted by Crippen LogP contribution is 2.15. The minimum Gasteiger partial charge on any atom is -0.376 e. The predicted octanol–water partition coefficient (Wildman–Crippen LogP) is 3.51. The molecule has 0 heterocycles. The van der Waals surface area contributed by atoms with Crippen molar-refractivity contribution in [2.24, 2.45) is 0 Å². The molecule has 0 fully saturated rings. The first-order valence-corrected chi connectivity index (χ1v) is 6.52. The van der Waals surface area contributed by atoms with Crippen LogP contribution in [0.1, 0.15) is 12.0 Å². The van der Waals surface area contributed by atoms with Crippen molar-refractivity contribution in [3.05, 3.63) is 65.7 Å². The van der Waals surface area contributed by atoms with Gasteiger partial charge >= 0.3 is 0 Å². The monoisotopic (exact) mass is 291 g/mol. The van der Waals surface area contributed by atoms with Crippen molar-refractivity contribution in [3.8, 4) is 0 Å². The summed E-state index contributed by atoms with van der Waals surface area (Å²) in [6, 6.07) is 12.5. The van der Waals surface area contributed by atoms with E-state index in [0.717, 1.165) is 23.8 Å². The molecule has 0 aliphatic carbocycles. The van der Waals surface area contributed by atoms with Gasteiger partial charge in [-0.3, -0.25) is 4.79 Å². The second-order valence-corrected chi connectivity index (χ2v) is 4.46. The van der Waals surface area contributed by atoms with E-state index in [9.17, 15) is 13.6 Å². The van der Waals surface area contributed by atoms with Crippen molar-refractivity contribution in [2.45, 2.75) is 13.0 Å². The smallest absolute Gasteiger partial charge is 0.226 e. The van der Waals surface area contributed by atoms with Crippen LogP contribution in [0.15, 0.2) is 48.5 Å². The lowest BCUT2D eigenvalue weighted by atomic mass is 10.2. The molecule has 1 amide bonds. The zero-order chi connectivity index (χ0) is 15.1. The maximum Gasteiger partial charge on any atom is 0.226 e. The number of amides is 1. The molecule has 21 heavy (non-hydrogen) atoms. The third kappa shape index (κ3) is 4.96. The zero-order valence-electron chi connectivity index (χ0n) is 11.3. The van der Waals surface area contributed by atoms with Gasteiger partial charge in [-0.1, -0.05) is 30.3 Å². The van der Waals surface area contributed by atoms with E-state index in [2.05, 4.69) is 5.32 Å². The van der Waals surface area contributed by atoms with Gasteiger partial charge in [0.25, 0.3) is 0 Å². The number of hydrogen-bond donors (Lipinski definition) is 1. The molecule has 0 unspecified atom stereocenters. The Bertz CT molecular complexity index is 602. The molecule has 1 N–H and O–H groups in total. The molecule has 0 atom stereocenters. The summed E-state index contributed by atoms with van der Waals surface area (Å²) < 4.78 is 31.6. The van der Waals surface area contributed by atoms with E-state index >= 15 is 0 Å². The fourth-order valence-corrected chi connectivity index (χ4v) is 1.74. The topological polar surface area (TPSA) is 38.3 Å². The Hall–Kier alpha value is -2.27. The van der Waals surface area contributed by atoms with Gasteiger partial charge in [0.1, 0.15) is 11.6 Å². The molecule has 2 aromatic carbocycles. The summed E-state index contributed by atoms with van der Waals surface area (Å²) in [6.07, 6.45) is 0.0722. The Morgan fingerprint density at radius 3 is 2.62 bits per heavy atom. The summed E-state index contributed by atoms with van der Waals surface area (Å²) in [5, 5.41) is 2.32. The molecule has 110 valence electrons. The van der Waals surface area contributed by atoms with Gasteiger partial charge in [-0.05, 0) is 17.7 Å². The molecule has 2 rings (SSSR count). The normalized spacial score (nSPS) is 10.4. The van der Waals surface area contributed by atoms with Gasteiger partial charge in [-0.15, -0.1) is 0 Å². The van der Waals surface area contributed by atoms with Crippen molar-refractivity contribution in [1.82, 2.24) is 0 Å². The van der Waals surface area contributed by atoms with Crippen LogP contribution in [0.2, 0.25) is 0 Å². The largest absolute Gasteiger partial charge is 0.376 e. The van der Waals surface area contributed by atoms with E-state index in [4.69, 9.17) is 4.74 Å². The van der Waals surface area contributed by atoms with Crippen molar-refractivity contribution in [2.75, 3.05) is 11.9 Å². The Morgan fingerprint density at radius 1 is 1.10 bits per heavy atom. The lowest BCUT2D eigenvalue weighted by molar-refractivity contribution is -0.117. The summed E-state index contributed by atoms with van der Waals surface area (Å²) in [5.74, 6) is -1.70. The van der Waals surface area contributed by atoms with Gasteiger partial charge < -0.3 is 10.1 Å². The quantitative estimate of drug-likeness (QED) is 0.827. The van der Waals surface area contributed by atoms with Crippen LogP contribution in [0, 0.1) is 11.6 Å². The van der Waals surface area contributed by atoms with Crippen LogP contribution in [0.25, 0.3) is 0 Å². The van der Waals surface area contributed by atoms with Crippen molar-refractivity contribution in [3.63, 3.8) is 0 Å². The van der Waals surface area contributed by atoms with Gasteiger partial charge in [0.05, 0.1) is 25.3 Å². The first kappa shape index (κ1) is 15.1. The standard InChI is InChI=1S/C16H15F2NO2/c17-13-6-7-14(18)15(10-13)19-16(20)8-9-21-11-12-4-2-1-3-5-12/h1-7,10H,8-9,11H2,(H,19,20). The first-order valence-electron chi connectivity index (χ1n) is 6.52. The van der Waals surface area contributed by atoms with Crippen LogP contribution in [0.5, 0.6) is 0 Å². The molecule has 0 aromatic heterocycles. The van der Waals surface area contributed by atoms with Crippen molar-refractivity contribution in [1.29, 1.82) is 0 Å². The Kier molecular flexibility index (Phi) is 5.40. The number of carbonyl (C=O) groups is 1. The molecule has 3 nitrogen and oxygen atoms in total. The number of nitrogens with one attached hydrogen (secondary N) is 1. The highest BCUT2D eigenvalue weighted by molar-refractivity contribution is 5.90. The van der Waals surface area contributed by atoms with Crippen LogP contribution in [0.4, 0.5) is 14.5 Å². The van der Waals surface area contributed by atoms with Gasteiger partial charge in [0.15, 0.2) is 0 Å². The van der Waals surface area contributed by atoms with Crippen LogP contribution >= 0.6 is 0 Å². The van der Waals surface area contributed by atoms with Crippen LogP contribution in [-0.4, -0.2) is 12.5 Å². The number of carbonyl (C=O) groups excluding carboxylic acids is 1. The number of hydrogen-bond acceptors (Lipinski definition) is 2. The Balaban J connectivity index is 1.74. The number of halogens is 2. The summed E-state index contributed by atoms with van der Waals surface area (Å²) in [5.41, 5.74) is 0.845. The second-order valence-electron chi connectivity index (χ2n) is 4.46. The molecular formula is C16H15F2NO2. The van der Waals surface area contributed by atoms with E-state index in [0.29, 0.717) is 6.61 Å². The van der Waals surface area contributed by atoms with Gasteiger partial charge in [-0.2, -0.15) is 0 Å². The van der Waals surface area contributed by atoms with E-state index in [1.807, 2.05) is 30.3 Å². The van der Waals surface area contributed by atoms with Gasteiger partial charge in [0, 0.05) is 6.07 Å². The molecule has 0 spiro atoms. The van der Waals surface area contributed by atoms with Crippen molar-refractivity contribution >= 4 is 11.6 Å². The molecular weight excluding hydrogens is 276 g/mol. The maximum atomic E-state index is 13.3. The number of anilines is 1. The average Bonchev–Trinajstić information content (AvgIpc) is 2.48. The van der Waals surface area contributed by atoms with Crippen LogP contribution in [0.3, 0.4) is 0 Å². The van der Waals surface area contributed by atoms with Gasteiger partial charge in [0.2, 0.25) is 5.91 Å². The fraction of sp³-hybridized carbons (Fsp3) is 0.188. The van der Waals surface area contributed by atoms with Gasteiger partial charge in [-0.25, -0.2) is 8.78 Å². The molecule has 0 aliphatic heterocycles. The molecule has 0 saturated heterocycles. The van der Waals surface area contributed by atoms with Crippen molar-refractivity contribution < 1.29 is 18.3 Å². The fourth-order valence-electron chi connectivity index (χ4n) is 1.74. The predicted molar refractivity (Wildman–Crippen MR) is 75.7 cm³/mol. The van der Waals surface area contributed by atoms with Crippen LogP contribution < -0.4 is 5.32 Å². The van der Waals surface area contributed by atoms with E-state index in [-0.39, 0.29) is 18.7 Å². The number of ether oxygens (including phenoxy) is 1. The molecule has 0 saturated carbocycles. The van der Waals surface area contributed by atoms with E-state index < -0.39 is 17.5 Å². The average molecular weight is 291 g/mol. The van der Waals surface area contributed by atoms with E-state index in [1.165, 1.54) is 0 Å². The summed E-state index contributed by atoms with van der Waals surface area (Å²) in [6.45, 7) is 0.611. The summed E-state index contributed by atoms with van der Waals surface area (Å²) >= 11 is 0. The first-order chi connectivity index (χ1) is 10.1. The molecule has 2 aromatic rings. The molecule has 0 bridgehead atoms. The highest BCUT2D eigenvalue weighted by atomic mass is 19.1. The second kappa shape index (κ2) is 7.50. The summed E-state index contributed by atoms with van der Waals surface area (Å²) in [7, 11) is 0. The summed E-state index contributed by atoms with van der Waals surface area (Å²) in [4.78, 5) is 11.6. The number of rotatable bonds is 6. The maximum absolute atomic E-state index is 13.3. The molecule has 5 heteroatoms. The lowest BCUT2D eigenvalue weighted by Gasteiger charge is -2.07. The Labute approximate surface area is 121 Å². The number of benzene rings is 2.